The van der Waals surface area contributed by atoms with Crippen LogP contribution < -0.4 is 5.32 Å². The molecule has 8 nitrogen and oxygen atoms in total. The Morgan fingerprint density at radius 3 is 2.65 bits per heavy atom. The number of carboxylic acid groups (broad SMARTS) is 1. The van der Waals surface area contributed by atoms with Crippen molar-refractivity contribution in [1.29, 1.82) is 0 Å². The van der Waals surface area contributed by atoms with Gasteiger partial charge in [-0.05, 0) is 6.92 Å². The van der Waals surface area contributed by atoms with Crippen LogP contribution in [-0.4, -0.2) is 70.9 Å². The number of amides is 1. The number of aliphatic hydroxyl groups is 2. The lowest BCUT2D eigenvalue weighted by Crippen LogP contribution is -2.61. The molecule has 0 aliphatic carbocycles. The van der Waals surface area contributed by atoms with E-state index in [9.17, 15) is 14.7 Å². The molecule has 1 aliphatic rings. The Morgan fingerprint density at radius 2 is 2.15 bits per heavy atom. The number of aliphatic carboxylic acids is 1. The van der Waals surface area contributed by atoms with E-state index in [0.29, 0.717) is 0 Å². The second-order valence-corrected chi connectivity index (χ2v) is 4.65. The second kappa shape index (κ2) is 7.53. The van der Waals surface area contributed by atoms with Gasteiger partial charge in [0.1, 0.15) is 18.3 Å². The molecule has 116 valence electrons. The molecule has 0 radical (unpaired) electrons. The average molecular weight is 291 g/mol. The first-order chi connectivity index (χ1) is 9.40. The zero-order valence-corrected chi connectivity index (χ0v) is 11.5. The number of ether oxygens (including phenoxy) is 2. The molecule has 0 bridgehead atoms. The summed E-state index contributed by atoms with van der Waals surface area (Å²) in [6, 6.07) is -0.665. The quantitative estimate of drug-likeness (QED) is 0.469. The van der Waals surface area contributed by atoms with E-state index in [2.05, 4.69) is 5.32 Å². The van der Waals surface area contributed by atoms with Crippen LogP contribution >= 0.6 is 0 Å². The van der Waals surface area contributed by atoms with Crippen LogP contribution in [0.4, 0.5) is 0 Å². The molecule has 5 atom stereocenters. The third kappa shape index (κ3) is 4.14. The number of hydrogen-bond donors (Lipinski definition) is 4. The van der Waals surface area contributed by atoms with Crippen molar-refractivity contribution in [2.24, 2.45) is 0 Å². The number of aliphatic hydroxyl groups excluding tert-OH is 2. The number of carbonyl (C=O) groups excluding carboxylic acids is 1. The Balaban J connectivity index is 2.80. The van der Waals surface area contributed by atoms with Gasteiger partial charge in [-0.3, -0.25) is 4.79 Å². The van der Waals surface area contributed by atoms with Gasteiger partial charge in [-0.2, -0.15) is 0 Å². The molecule has 8 heteroatoms. The van der Waals surface area contributed by atoms with E-state index < -0.39 is 43.0 Å². The van der Waals surface area contributed by atoms with E-state index in [4.69, 9.17) is 19.7 Å². The molecule has 0 saturated carbocycles. The van der Waals surface area contributed by atoms with Crippen LogP contribution in [0, 0.1) is 0 Å². The van der Waals surface area contributed by atoms with Gasteiger partial charge in [0.25, 0.3) is 0 Å². The predicted octanol–water partition coefficient (Wildman–Crippen LogP) is -1.51. The smallest absolute Gasteiger partial charge is 0.332 e. The molecular formula is C12H21NO7. The first-order valence-corrected chi connectivity index (χ1v) is 6.48. The van der Waals surface area contributed by atoms with E-state index in [1.165, 1.54) is 6.92 Å². The molecule has 0 aromatic rings. The van der Waals surface area contributed by atoms with Crippen LogP contribution in [0.1, 0.15) is 20.3 Å². The van der Waals surface area contributed by atoms with Crippen LogP contribution in [0.5, 0.6) is 0 Å². The van der Waals surface area contributed by atoms with Gasteiger partial charge in [0.15, 0.2) is 6.10 Å². The minimum Gasteiger partial charge on any atom is -0.479 e. The summed E-state index contributed by atoms with van der Waals surface area (Å²) < 4.78 is 10.5. The maximum atomic E-state index is 11.4. The summed E-state index contributed by atoms with van der Waals surface area (Å²) in [5.41, 5.74) is 0. The molecule has 0 aromatic carbocycles. The summed E-state index contributed by atoms with van der Waals surface area (Å²) in [6.45, 7) is 2.61. The molecule has 1 amide bonds. The molecule has 0 unspecified atom stereocenters. The van der Waals surface area contributed by atoms with Crippen molar-refractivity contribution in [3.63, 3.8) is 0 Å². The van der Waals surface area contributed by atoms with Gasteiger partial charge >= 0.3 is 5.97 Å². The monoisotopic (exact) mass is 291 g/mol. The van der Waals surface area contributed by atoms with Crippen molar-refractivity contribution < 1.29 is 34.4 Å². The Morgan fingerprint density at radius 1 is 1.50 bits per heavy atom. The standard InChI is InChI=1S/C12H21NO7/c1-3-9(15)13-7-5-19-8(4-14)10(16)11(7)20-6(2)12(17)18/h6-8,10-11,14,16H,3-5H2,1-2H3,(H,13,15)(H,17,18)/t6-,7+,8-,10-,11-/m1/s1. The number of carbonyl (C=O) groups is 2. The van der Waals surface area contributed by atoms with Crippen molar-refractivity contribution in [1.82, 2.24) is 5.32 Å². The molecule has 1 saturated heterocycles. The summed E-state index contributed by atoms with van der Waals surface area (Å²) in [7, 11) is 0. The Bertz CT molecular complexity index is 349. The normalized spacial score (nSPS) is 31.6. The molecule has 1 aliphatic heterocycles. The van der Waals surface area contributed by atoms with Crippen molar-refractivity contribution in [3.8, 4) is 0 Å². The predicted molar refractivity (Wildman–Crippen MR) is 67.0 cm³/mol. The van der Waals surface area contributed by atoms with Crippen LogP contribution in [0.3, 0.4) is 0 Å². The molecule has 1 fully saturated rings. The van der Waals surface area contributed by atoms with Gasteiger partial charge in [-0.25, -0.2) is 4.79 Å². The van der Waals surface area contributed by atoms with Crippen LogP contribution in [0.15, 0.2) is 0 Å². The molecule has 0 spiro atoms. The second-order valence-electron chi connectivity index (χ2n) is 4.65. The molecular weight excluding hydrogens is 270 g/mol. The number of hydrogen-bond acceptors (Lipinski definition) is 6. The minimum atomic E-state index is -1.22. The topological polar surface area (TPSA) is 125 Å². The number of nitrogens with one attached hydrogen (secondary N) is 1. The van der Waals surface area contributed by atoms with Gasteiger partial charge in [0.2, 0.25) is 5.91 Å². The maximum absolute atomic E-state index is 11.4. The lowest BCUT2D eigenvalue weighted by atomic mass is 9.97. The van der Waals surface area contributed by atoms with Gasteiger partial charge in [-0.1, -0.05) is 6.92 Å². The van der Waals surface area contributed by atoms with Crippen molar-refractivity contribution in [3.05, 3.63) is 0 Å². The third-order valence-corrected chi connectivity index (χ3v) is 3.16. The fourth-order valence-corrected chi connectivity index (χ4v) is 1.93. The SMILES string of the molecule is CCC(=O)N[C@H]1CO[C@H](CO)[C@@H](O)[C@@H]1O[C@H](C)C(=O)O. The Kier molecular flexibility index (Phi) is 6.34. The van der Waals surface area contributed by atoms with Gasteiger partial charge < -0.3 is 30.1 Å². The maximum Gasteiger partial charge on any atom is 0.332 e. The molecule has 4 N–H and O–H groups in total. The fraction of sp³-hybridized carbons (Fsp3) is 0.833. The van der Waals surface area contributed by atoms with Crippen LogP contribution in [0.25, 0.3) is 0 Å². The highest BCUT2D eigenvalue weighted by Crippen LogP contribution is 2.20. The van der Waals surface area contributed by atoms with Crippen molar-refractivity contribution >= 4 is 11.9 Å². The lowest BCUT2D eigenvalue weighted by molar-refractivity contribution is -0.197. The highest BCUT2D eigenvalue weighted by Gasteiger charge is 2.42. The summed E-state index contributed by atoms with van der Waals surface area (Å²) in [4.78, 5) is 22.3. The summed E-state index contributed by atoms with van der Waals surface area (Å²) in [6.07, 6.45) is -3.94. The van der Waals surface area contributed by atoms with E-state index in [1.54, 1.807) is 6.92 Å². The highest BCUT2D eigenvalue weighted by molar-refractivity contribution is 5.76. The van der Waals surface area contributed by atoms with Crippen LogP contribution in [-0.2, 0) is 19.1 Å². The zero-order valence-electron chi connectivity index (χ0n) is 11.5. The van der Waals surface area contributed by atoms with Crippen molar-refractivity contribution in [2.75, 3.05) is 13.2 Å². The van der Waals surface area contributed by atoms with E-state index >= 15 is 0 Å². The molecule has 1 heterocycles. The van der Waals surface area contributed by atoms with E-state index in [0.717, 1.165) is 0 Å². The van der Waals surface area contributed by atoms with Crippen LogP contribution in [0.2, 0.25) is 0 Å². The van der Waals surface area contributed by atoms with Crippen molar-refractivity contribution in [2.45, 2.75) is 50.7 Å². The molecule has 20 heavy (non-hydrogen) atoms. The summed E-state index contributed by atoms with van der Waals surface area (Å²) >= 11 is 0. The van der Waals surface area contributed by atoms with E-state index in [-0.39, 0.29) is 18.9 Å². The van der Waals surface area contributed by atoms with Gasteiger partial charge in [0, 0.05) is 6.42 Å². The Hall–Kier alpha value is -1.22. The Labute approximate surface area is 116 Å². The zero-order chi connectivity index (χ0) is 15.3. The summed E-state index contributed by atoms with van der Waals surface area (Å²) in [5.74, 6) is -1.44. The fourth-order valence-electron chi connectivity index (χ4n) is 1.93. The van der Waals surface area contributed by atoms with Gasteiger partial charge in [0.05, 0.1) is 19.3 Å². The number of carboxylic acids is 1. The van der Waals surface area contributed by atoms with E-state index in [1.807, 2.05) is 0 Å². The lowest BCUT2D eigenvalue weighted by Gasteiger charge is -2.40. The summed E-state index contributed by atoms with van der Waals surface area (Å²) in [5, 5.41) is 30.6. The molecule has 1 rings (SSSR count). The average Bonchev–Trinajstić information content (AvgIpc) is 2.42. The number of rotatable bonds is 6. The largest absolute Gasteiger partial charge is 0.479 e. The first-order valence-electron chi connectivity index (χ1n) is 6.48. The first kappa shape index (κ1) is 16.8. The minimum absolute atomic E-state index is 0.0328. The van der Waals surface area contributed by atoms with Gasteiger partial charge in [-0.15, -0.1) is 0 Å². The molecule has 0 aromatic heterocycles. The third-order valence-electron chi connectivity index (χ3n) is 3.16. The highest BCUT2D eigenvalue weighted by atomic mass is 16.6.